The molecule has 5 rings (SSSR count). The summed E-state index contributed by atoms with van der Waals surface area (Å²) in [6.45, 7) is 0. The first kappa shape index (κ1) is 20.6. The van der Waals surface area contributed by atoms with Crippen LogP contribution in [0.3, 0.4) is 0 Å². The van der Waals surface area contributed by atoms with E-state index in [0.29, 0.717) is 12.0 Å². The lowest BCUT2D eigenvalue weighted by Crippen LogP contribution is -2.21. The van der Waals surface area contributed by atoms with Gasteiger partial charge in [0.25, 0.3) is 0 Å². The highest BCUT2D eigenvalue weighted by molar-refractivity contribution is 7.22. The van der Waals surface area contributed by atoms with E-state index in [-0.39, 0.29) is 0 Å². The van der Waals surface area contributed by atoms with Gasteiger partial charge in [0.2, 0.25) is 5.95 Å². The van der Waals surface area contributed by atoms with Gasteiger partial charge in [0.15, 0.2) is 5.13 Å². The molecule has 0 radical (unpaired) electrons. The van der Waals surface area contributed by atoms with Gasteiger partial charge < -0.3 is 15.0 Å². The zero-order valence-electron chi connectivity index (χ0n) is 18.3. The van der Waals surface area contributed by atoms with E-state index in [1.165, 1.54) is 32.1 Å². The Morgan fingerprint density at radius 3 is 2.53 bits per heavy atom. The molecule has 0 unspecified atom stereocenters. The average molecular weight is 447 g/mol. The summed E-state index contributed by atoms with van der Waals surface area (Å²) in [5, 5.41) is 4.62. The van der Waals surface area contributed by atoms with E-state index >= 15 is 0 Å². The molecular weight excluding hydrogens is 420 g/mol. The molecule has 1 N–H and O–H groups in total. The minimum atomic E-state index is 0.547. The van der Waals surface area contributed by atoms with E-state index in [9.17, 15) is 0 Å². The second kappa shape index (κ2) is 9.08. The van der Waals surface area contributed by atoms with Crippen molar-refractivity contribution in [2.24, 2.45) is 0 Å². The Labute approximate surface area is 191 Å². The molecule has 4 aromatic rings. The van der Waals surface area contributed by atoms with Crippen LogP contribution in [0.1, 0.15) is 32.1 Å². The van der Waals surface area contributed by atoms with E-state index in [1.54, 1.807) is 29.9 Å². The zero-order chi connectivity index (χ0) is 21.9. The Balaban J connectivity index is 1.32. The molecule has 0 saturated heterocycles. The molecule has 1 aliphatic carbocycles. The SMILES string of the molecule is CN(C)c1ncc(-c2cc(Oc3ccc4nc(NC5CCCCC5)sc4c3)ccn2)cn1. The molecule has 1 aromatic carbocycles. The van der Waals surface area contributed by atoms with Gasteiger partial charge in [0.05, 0.1) is 15.9 Å². The second-order valence-corrected chi connectivity index (χ2v) is 9.30. The van der Waals surface area contributed by atoms with Crippen molar-refractivity contribution in [1.82, 2.24) is 19.9 Å². The van der Waals surface area contributed by atoms with Crippen LogP contribution in [0.5, 0.6) is 11.5 Å². The van der Waals surface area contributed by atoms with Crippen LogP contribution in [0.4, 0.5) is 11.1 Å². The van der Waals surface area contributed by atoms with Gasteiger partial charge >= 0.3 is 0 Å². The number of anilines is 2. The number of nitrogens with one attached hydrogen (secondary N) is 1. The van der Waals surface area contributed by atoms with E-state index in [0.717, 1.165) is 38.1 Å². The van der Waals surface area contributed by atoms with Gasteiger partial charge in [-0.2, -0.15) is 0 Å². The first-order chi connectivity index (χ1) is 15.6. The Bertz CT molecular complexity index is 1200. The Morgan fingerprint density at radius 1 is 0.969 bits per heavy atom. The minimum Gasteiger partial charge on any atom is -0.457 e. The number of pyridine rings is 1. The second-order valence-electron chi connectivity index (χ2n) is 8.27. The van der Waals surface area contributed by atoms with E-state index in [4.69, 9.17) is 9.72 Å². The van der Waals surface area contributed by atoms with Crippen molar-refractivity contribution in [3.05, 3.63) is 48.9 Å². The molecule has 32 heavy (non-hydrogen) atoms. The van der Waals surface area contributed by atoms with Gasteiger partial charge in [-0.15, -0.1) is 0 Å². The van der Waals surface area contributed by atoms with Gasteiger partial charge in [-0.3, -0.25) is 4.98 Å². The fourth-order valence-corrected chi connectivity index (χ4v) is 4.88. The molecule has 1 fully saturated rings. The smallest absolute Gasteiger partial charge is 0.224 e. The van der Waals surface area contributed by atoms with Crippen molar-refractivity contribution in [3.63, 3.8) is 0 Å². The van der Waals surface area contributed by atoms with Gasteiger partial charge in [-0.1, -0.05) is 30.6 Å². The molecule has 1 aliphatic rings. The molecule has 8 heteroatoms. The first-order valence-electron chi connectivity index (χ1n) is 10.9. The molecule has 164 valence electrons. The topological polar surface area (TPSA) is 76.1 Å². The number of hydrogen-bond donors (Lipinski definition) is 1. The third-order valence-corrected chi connectivity index (χ3v) is 6.54. The Kier molecular flexibility index (Phi) is 5.85. The number of nitrogens with zero attached hydrogens (tertiary/aromatic N) is 5. The van der Waals surface area contributed by atoms with Crippen LogP contribution in [0.2, 0.25) is 0 Å². The number of thiazole rings is 1. The van der Waals surface area contributed by atoms with E-state index < -0.39 is 0 Å². The molecule has 0 aliphatic heterocycles. The number of rotatable bonds is 6. The highest BCUT2D eigenvalue weighted by Gasteiger charge is 2.15. The number of ether oxygens (including phenoxy) is 1. The summed E-state index contributed by atoms with van der Waals surface area (Å²) in [7, 11) is 3.83. The van der Waals surface area contributed by atoms with Crippen molar-refractivity contribution in [2.75, 3.05) is 24.3 Å². The number of benzene rings is 1. The van der Waals surface area contributed by atoms with Gasteiger partial charge in [-0.25, -0.2) is 15.0 Å². The zero-order valence-corrected chi connectivity index (χ0v) is 19.1. The maximum Gasteiger partial charge on any atom is 0.224 e. The van der Waals surface area contributed by atoms with Crippen molar-refractivity contribution >= 4 is 32.6 Å². The third kappa shape index (κ3) is 4.65. The van der Waals surface area contributed by atoms with Crippen LogP contribution < -0.4 is 15.0 Å². The minimum absolute atomic E-state index is 0.547. The maximum atomic E-state index is 6.14. The molecule has 3 heterocycles. The van der Waals surface area contributed by atoms with Crippen molar-refractivity contribution in [3.8, 4) is 22.8 Å². The molecule has 0 amide bonds. The highest BCUT2D eigenvalue weighted by Crippen LogP contribution is 2.33. The monoisotopic (exact) mass is 446 g/mol. The van der Waals surface area contributed by atoms with Crippen molar-refractivity contribution in [1.29, 1.82) is 0 Å². The summed E-state index contributed by atoms with van der Waals surface area (Å²) in [6.07, 6.45) is 11.7. The fourth-order valence-electron chi connectivity index (χ4n) is 3.90. The largest absolute Gasteiger partial charge is 0.457 e. The van der Waals surface area contributed by atoms with Crippen LogP contribution in [0.25, 0.3) is 21.5 Å². The maximum absolute atomic E-state index is 6.14. The van der Waals surface area contributed by atoms with E-state index in [1.807, 2.05) is 49.3 Å². The predicted molar refractivity (Wildman–Crippen MR) is 130 cm³/mol. The van der Waals surface area contributed by atoms with Crippen LogP contribution in [-0.2, 0) is 0 Å². The lowest BCUT2D eigenvalue weighted by Gasteiger charge is -2.22. The van der Waals surface area contributed by atoms with Crippen LogP contribution in [0, 0.1) is 0 Å². The summed E-state index contributed by atoms with van der Waals surface area (Å²) >= 11 is 1.68. The van der Waals surface area contributed by atoms with Gasteiger partial charge in [0.1, 0.15) is 11.5 Å². The molecule has 0 bridgehead atoms. The summed E-state index contributed by atoms with van der Waals surface area (Å²) in [4.78, 5) is 19.8. The van der Waals surface area contributed by atoms with Gasteiger partial charge in [0, 0.05) is 56.4 Å². The Hall–Kier alpha value is -3.26. The summed E-state index contributed by atoms with van der Waals surface area (Å²) < 4.78 is 7.25. The number of hydrogen-bond acceptors (Lipinski definition) is 8. The number of fused-ring (bicyclic) bond motifs is 1. The summed E-state index contributed by atoms with van der Waals surface area (Å²) in [5.41, 5.74) is 2.61. The van der Waals surface area contributed by atoms with Crippen molar-refractivity contribution < 1.29 is 4.74 Å². The lowest BCUT2D eigenvalue weighted by molar-refractivity contribution is 0.462. The quantitative estimate of drug-likeness (QED) is 0.404. The first-order valence-corrected chi connectivity index (χ1v) is 11.8. The average Bonchev–Trinajstić information content (AvgIpc) is 3.21. The highest BCUT2D eigenvalue weighted by atomic mass is 32.1. The third-order valence-electron chi connectivity index (χ3n) is 5.59. The Morgan fingerprint density at radius 2 is 1.75 bits per heavy atom. The molecular formula is C24H26N6OS. The lowest BCUT2D eigenvalue weighted by atomic mass is 9.96. The van der Waals surface area contributed by atoms with Gasteiger partial charge in [-0.05, 0) is 31.0 Å². The van der Waals surface area contributed by atoms with Crippen LogP contribution in [-0.4, -0.2) is 40.1 Å². The molecule has 0 spiro atoms. The molecule has 7 nitrogen and oxygen atoms in total. The molecule has 0 atom stereocenters. The molecule has 1 saturated carbocycles. The van der Waals surface area contributed by atoms with Crippen LogP contribution in [0.15, 0.2) is 48.9 Å². The van der Waals surface area contributed by atoms with Crippen LogP contribution >= 0.6 is 11.3 Å². The van der Waals surface area contributed by atoms with E-state index in [2.05, 4.69) is 20.3 Å². The predicted octanol–water partition coefficient (Wildman–Crippen LogP) is 5.75. The van der Waals surface area contributed by atoms with Crippen molar-refractivity contribution in [2.45, 2.75) is 38.1 Å². The standard InChI is InChI=1S/C24H26N6OS/c1-30(2)23-26-14-16(15-27-23)21-12-19(10-11-25-21)31-18-8-9-20-22(13-18)32-24(29-20)28-17-6-4-3-5-7-17/h8-15,17H,3-7H2,1-2H3,(H,28,29). The summed E-state index contributed by atoms with van der Waals surface area (Å²) in [6, 6.07) is 10.3. The summed E-state index contributed by atoms with van der Waals surface area (Å²) in [5.74, 6) is 2.16. The molecule has 3 aromatic heterocycles. The normalized spacial score (nSPS) is 14.4. The fraction of sp³-hybridized carbons (Fsp3) is 0.333. The number of aromatic nitrogens is 4.